The second kappa shape index (κ2) is 16.0. The Balaban J connectivity index is 0. The third-order valence-electron chi connectivity index (χ3n) is 1.30. The van der Waals surface area contributed by atoms with Gasteiger partial charge in [-0.05, 0) is 19.4 Å². The Bertz CT molecular complexity index is 153. The van der Waals surface area contributed by atoms with Crippen LogP contribution >= 0.6 is 0 Å². The molecule has 0 aliphatic carbocycles. The lowest BCUT2D eigenvalue weighted by molar-refractivity contribution is -0.137. The van der Waals surface area contributed by atoms with Crippen LogP contribution in [0.25, 0.3) is 0 Å². The van der Waals surface area contributed by atoms with Gasteiger partial charge in [0.2, 0.25) is 0 Å². The van der Waals surface area contributed by atoms with Crippen LogP contribution in [-0.2, 0) is 18.4 Å². The van der Waals surface area contributed by atoms with Crippen LogP contribution < -0.4 is 0 Å². The summed E-state index contributed by atoms with van der Waals surface area (Å²) in [4.78, 5) is 10.5. The van der Waals surface area contributed by atoms with Crippen molar-refractivity contribution in [3.8, 4) is 0 Å². The molecule has 0 amide bonds. The fourth-order valence-electron chi connectivity index (χ4n) is 0.682. The number of rotatable bonds is 7. The summed E-state index contributed by atoms with van der Waals surface area (Å²) in [6, 6.07) is 1.07. The molecule has 0 rings (SSSR count). The normalized spacial score (nSPS) is 9.73. The Morgan fingerprint density at radius 2 is 2.20 bits per heavy atom. The molecule has 15 heavy (non-hydrogen) atoms. The summed E-state index contributed by atoms with van der Waals surface area (Å²) in [5.74, 6) is -0.340. The maximum atomic E-state index is 10.5. The van der Waals surface area contributed by atoms with Gasteiger partial charge in [0, 0.05) is 19.8 Å². The molecule has 0 aliphatic rings. The molecule has 0 bridgehead atoms. The molecule has 0 aliphatic heterocycles. The summed E-state index contributed by atoms with van der Waals surface area (Å²) in [5, 5.41) is 0. The lowest BCUT2D eigenvalue weighted by Crippen LogP contribution is -2.04. The van der Waals surface area contributed by atoms with Crippen molar-refractivity contribution >= 4 is 26.2 Å². The van der Waals surface area contributed by atoms with E-state index >= 15 is 0 Å². The standard InChI is InChI=1S/C8H16O3Si.CH6OSi/c1-3-8(9)10-6-5-7-12-11-4-2;1-2-3/h3H,1,4-7,12H2,2H3;1,3H3. The first kappa shape index (κ1) is 17.0. The number of hydrogen-bond donors (Lipinski definition) is 0. The predicted molar refractivity (Wildman–Crippen MR) is 67.7 cm³/mol. The minimum absolute atomic E-state index is 0.340. The number of ether oxygens (including phenoxy) is 1. The molecule has 0 unspecified atom stereocenters. The molecule has 4 nitrogen and oxygen atoms in total. The fraction of sp³-hybridized carbons (Fsp3) is 0.667. The summed E-state index contributed by atoms with van der Waals surface area (Å²) in [7, 11) is 2.20. The van der Waals surface area contributed by atoms with Crippen molar-refractivity contribution in [2.45, 2.75) is 19.4 Å². The highest BCUT2D eigenvalue weighted by molar-refractivity contribution is 6.26. The molecular weight excluding hydrogens is 228 g/mol. The van der Waals surface area contributed by atoms with Crippen LogP contribution in [0.2, 0.25) is 6.04 Å². The van der Waals surface area contributed by atoms with E-state index in [1.54, 1.807) is 7.11 Å². The number of hydrogen-bond acceptors (Lipinski definition) is 4. The Labute approximate surface area is 97.5 Å². The van der Waals surface area contributed by atoms with Gasteiger partial charge in [-0.15, -0.1) is 0 Å². The summed E-state index contributed by atoms with van der Waals surface area (Å²) in [6.45, 7) is 6.58. The quantitative estimate of drug-likeness (QED) is 0.266. The minimum Gasteiger partial charge on any atom is -0.463 e. The van der Waals surface area contributed by atoms with E-state index in [2.05, 4.69) is 11.0 Å². The zero-order chi connectivity index (χ0) is 11.9. The summed E-state index contributed by atoms with van der Waals surface area (Å²) in [6.07, 6.45) is 2.09. The molecular formula is C9H22O4Si2. The van der Waals surface area contributed by atoms with E-state index < -0.39 is 0 Å². The van der Waals surface area contributed by atoms with Gasteiger partial charge in [0.05, 0.1) is 6.61 Å². The zero-order valence-electron chi connectivity index (χ0n) is 9.95. The van der Waals surface area contributed by atoms with Crippen molar-refractivity contribution < 1.29 is 18.4 Å². The van der Waals surface area contributed by atoms with E-state index in [9.17, 15) is 4.79 Å². The molecule has 0 saturated heterocycles. The van der Waals surface area contributed by atoms with Crippen LogP contribution in [0.3, 0.4) is 0 Å². The van der Waals surface area contributed by atoms with Crippen molar-refractivity contribution in [1.82, 2.24) is 0 Å². The molecule has 0 aromatic carbocycles. The van der Waals surface area contributed by atoms with E-state index in [4.69, 9.17) is 9.16 Å². The molecule has 0 spiro atoms. The average molecular weight is 250 g/mol. The average Bonchev–Trinajstić information content (AvgIpc) is 2.24. The maximum absolute atomic E-state index is 10.5. The number of carbonyl (C=O) groups excluding carboxylic acids is 1. The third kappa shape index (κ3) is 19.8. The van der Waals surface area contributed by atoms with Gasteiger partial charge in [0.15, 0.2) is 9.76 Å². The monoisotopic (exact) mass is 250 g/mol. The van der Waals surface area contributed by atoms with Crippen LogP contribution in [0.1, 0.15) is 13.3 Å². The van der Waals surface area contributed by atoms with Crippen molar-refractivity contribution in [2.75, 3.05) is 20.3 Å². The van der Waals surface area contributed by atoms with Crippen LogP contribution in [0.4, 0.5) is 0 Å². The van der Waals surface area contributed by atoms with Gasteiger partial charge in [-0.1, -0.05) is 6.58 Å². The van der Waals surface area contributed by atoms with E-state index in [1.807, 2.05) is 6.92 Å². The second-order valence-electron chi connectivity index (χ2n) is 2.68. The SMILES string of the molecule is C=CC(=O)OCCC[SiH2]OCC.CO[SiH3]. The van der Waals surface area contributed by atoms with Crippen LogP contribution in [0.5, 0.6) is 0 Å². The van der Waals surface area contributed by atoms with E-state index in [1.165, 1.54) is 6.08 Å². The summed E-state index contributed by atoms with van der Waals surface area (Å²) in [5.41, 5.74) is 0. The first-order valence-electron chi connectivity index (χ1n) is 4.99. The largest absolute Gasteiger partial charge is 0.463 e. The highest BCUT2D eigenvalue weighted by Gasteiger charge is 1.94. The molecule has 0 atom stereocenters. The van der Waals surface area contributed by atoms with Gasteiger partial charge in [-0.3, -0.25) is 0 Å². The minimum atomic E-state index is -0.357. The molecule has 0 radical (unpaired) electrons. The van der Waals surface area contributed by atoms with E-state index in [0.717, 1.165) is 29.6 Å². The van der Waals surface area contributed by atoms with Gasteiger partial charge in [0.1, 0.15) is 10.5 Å². The maximum Gasteiger partial charge on any atom is 0.330 e. The third-order valence-corrected chi connectivity index (χ3v) is 2.78. The number of carbonyl (C=O) groups is 1. The molecule has 0 saturated carbocycles. The zero-order valence-corrected chi connectivity index (χ0v) is 13.4. The molecule has 90 valence electrons. The molecule has 0 aromatic heterocycles. The van der Waals surface area contributed by atoms with Crippen LogP contribution in [-0.4, -0.2) is 46.5 Å². The topological polar surface area (TPSA) is 44.8 Å². The Morgan fingerprint density at radius 3 is 2.67 bits per heavy atom. The first-order chi connectivity index (χ1) is 7.22. The van der Waals surface area contributed by atoms with Gasteiger partial charge in [-0.2, -0.15) is 0 Å². The second-order valence-corrected chi connectivity index (χ2v) is 5.02. The molecule has 0 heterocycles. The van der Waals surface area contributed by atoms with Gasteiger partial charge in [0.25, 0.3) is 0 Å². The molecule has 6 heteroatoms. The van der Waals surface area contributed by atoms with E-state index in [0.29, 0.717) is 6.61 Å². The molecule has 0 fully saturated rings. The summed E-state index contributed by atoms with van der Waals surface area (Å²) >= 11 is 0. The highest BCUT2D eigenvalue weighted by Crippen LogP contribution is 1.91. The number of esters is 1. The Morgan fingerprint density at radius 1 is 1.60 bits per heavy atom. The molecule has 0 N–H and O–H groups in total. The lowest BCUT2D eigenvalue weighted by atomic mass is 10.5. The lowest BCUT2D eigenvalue weighted by Gasteiger charge is -2.01. The highest BCUT2D eigenvalue weighted by atomic mass is 28.2. The van der Waals surface area contributed by atoms with Crippen LogP contribution in [0.15, 0.2) is 12.7 Å². The van der Waals surface area contributed by atoms with Crippen molar-refractivity contribution in [3.05, 3.63) is 12.7 Å². The Kier molecular flexibility index (Phi) is 18.1. The first-order valence-corrected chi connectivity index (χ1v) is 7.39. The van der Waals surface area contributed by atoms with Gasteiger partial charge >= 0.3 is 5.97 Å². The van der Waals surface area contributed by atoms with Crippen molar-refractivity contribution in [3.63, 3.8) is 0 Å². The fourth-order valence-corrected chi connectivity index (χ4v) is 1.58. The van der Waals surface area contributed by atoms with Crippen molar-refractivity contribution in [2.24, 2.45) is 0 Å². The van der Waals surface area contributed by atoms with Crippen molar-refractivity contribution in [1.29, 1.82) is 0 Å². The van der Waals surface area contributed by atoms with Gasteiger partial charge in [-0.25, -0.2) is 4.79 Å². The van der Waals surface area contributed by atoms with Gasteiger partial charge < -0.3 is 13.6 Å². The summed E-state index contributed by atoms with van der Waals surface area (Å²) < 4.78 is 14.4. The van der Waals surface area contributed by atoms with Crippen LogP contribution in [0, 0.1) is 0 Å². The Hall–Kier alpha value is -0.436. The molecule has 0 aromatic rings. The van der Waals surface area contributed by atoms with E-state index in [-0.39, 0.29) is 15.7 Å². The predicted octanol–water partition coefficient (Wildman–Crippen LogP) is -0.443. The smallest absolute Gasteiger partial charge is 0.330 e.